The summed E-state index contributed by atoms with van der Waals surface area (Å²) in [6.07, 6.45) is -0.986. The van der Waals surface area contributed by atoms with Crippen molar-refractivity contribution in [3.8, 4) is 0 Å². The SMILES string of the molecule is CCNC(=O)O[C@H]1[C@H](C)[C@@H](O[C@@H]2O[C@H](C)C[C@H](N(C)C)[C@H]2O)[C@](C)(OC)C[C@@H](C)/C(=N/OCC2CCCCC2)[C@H](C)[C@@H](O)[C@](C)(O)[C@@H](CC)OC(=O)[C@@H]1C. The van der Waals surface area contributed by atoms with Gasteiger partial charge in [-0.3, -0.25) is 4.79 Å². The number of oxime groups is 1. The van der Waals surface area contributed by atoms with Gasteiger partial charge in [0.15, 0.2) is 6.29 Å². The van der Waals surface area contributed by atoms with Gasteiger partial charge in [-0.25, -0.2) is 4.79 Å². The molecular formula is C40H73N3O11. The van der Waals surface area contributed by atoms with Gasteiger partial charge in [0.1, 0.15) is 30.5 Å². The Labute approximate surface area is 324 Å². The first kappa shape index (κ1) is 46.3. The lowest BCUT2D eigenvalue weighted by Crippen LogP contribution is -2.60. The minimum absolute atomic E-state index is 0.197. The summed E-state index contributed by atoms with van der Waals surface area (Å²) in [5, 5.41) is 42.8. The lowest BCUT2D eigenvalue weighted by Gasteiger charge is -2.48. The van der Waals surface area contributed by atoms with Crippen molar-refractivity contribution in [3.63, 3.8) is 0 Å². The number of carbonyl (C=O) groups excluding carboxylic acids is 2. The number of aliphatic hydroxyl groups excluding tert-OH is 2. The quantitative estimate of drug-likeness (QED) is 0.179. The minimum Gasteiger partial charge on any atom is -0.459 e. The number of hydrogen-bond acceptors (Lipinski definition) is 13. The molecule has 314 valence electrons. The zero-order valence-electron chi connectivity index (χ0n) is 35.1. The summed E-state index contributed by atoms with van der Waals surface area (Å²) in [6, 6.07) is -0.266. The monoisotopic (exact) mass is 772 g/mol. The number of amides is 1. The van der Waals surface area contributed by atoms with Gasteiger partial charge >= 0.3 is 12.1 Å². The zero-order chi connectivity index (χ0) is 40.5. The van der Waals surface area contributed by atoms with Crippen molar-refractivity contribution >= 4 is 17.8 Å². The Morgan fingerprint density at radius 2 is 1.69 bits per heavy atom. The van der Waals surface area contributed by atoms with E-state index in [2.05, 4.69) is 10.5 Å². The molecule has 2 saturated heterocycles. The highest BCUT2D eigenvalue weighted by Crippen LogP contribution is 2.40. The Balaban J connectivity index is 2.21. The van der Waals surface area contributed by atoms with E-state index in [0.717, 1.165) is 25.7 Å². The van der Waals surface area contributed by atoms with Gasteiger partial charge in [-0.15, -0.1) is 0 Å². The van der Waals surface area contributed by atoms with Crippen molar-refractivity contribution in [2.75, 3.05) is 34.4 Å². The van der Waals surface area contributed by atoms with Crippen LogP contribution in [0.5, 0.6) is 0 Å². The highest BCUT2D eigenvalue weighted by atomic mass is 16.7. The molecule has 3 fully saturated rings. The van der Waals surface area contributed by atoms with Crippen LogP contribution in [0.25, 0.3) is 0 Å². The number of likely N-dealkylation sites (N-methyl/N-ethyl adjacent to an activating group) is 1. The molecule has 0 unspecified atom stereocenters. The normalized spacial score (nSPS) is 41.6. The van der Waals surface area contributed by atoms with E-state index in [4.69, 9.17) is 28.5 Å². The number of aliphatic hydroxyl groups is 3. The molecule has 4 N–H and O–H groups in total. The fraction of sp³-hybridized carbons (Fsp3) is 0.925. The zero-order valence-corrected chi connectivity index (χ0v) is 35.1. The summed E-state index contributed by atoms with van der Waals surface area (Å²) in [4.78, 5) is 35.2. The molecule has 0 radical (unpaired) electrons. The topological polar surface area (TPSA) is 178 Å². The average Bonchev–Trinajstić information content (AvgIpc) is 3.13. The predicted molar refractivity (Wildman–Crippen MR) is 205 cm³/mol. The van der Waals surface area contributed by atoms with Gasteiger partial charge in [-0.05, 0) is 86.7 Å². The molecule has 3 aliphatic rings. The molecule has 0 spiro atoms. The molecule has 1 amide bonds. The van der Waals surface area contributed by atoms with Gasteiger partial charge in [-0.1, -0.05) is 52.1 Å². The van der Waals surface area contributed by atoms with Crippen molar-refractivity contribution in [1.29, 1.82) is 0 Å². The van der Waals surface area contributed by atoms with E-state index in [1.54, 1.807) is 34.8 Å². The summed E-state index contributed by atoms with van der Waals surface area (Å²) in [7, 11) is 5.35. The van der Waals surface area contributed by atoms with Gasteiger partial charge in [-0.2, -0.15) is 0 Å². The molecule has 14 atom stereocenters. The average molecular weight is 772 g/mol. The highest BCUT2D eigenvalue weighted by Gasteiger charge is 2.52. The third-order valence-electron chi connectivity index (χ3n) is 12.3. The molecule has 0 aromatic rings. The van der Waals surface area contributed by atoms with Crippen LogP contribution in [0, 0.1) is 29.6 Å². The summed E-state index contributed by atoms with van der Waals surface area (Å²) in [6.45, 7) is 16.7. The fourth-order valence-electron chi connectivity index (χ4n) is 8.85. The van der Waals surface area contributed by atoms with Crippen molar-refractivity contribution in [2.24, 2.45) is 34.7 Å². The van der Waals surface area contributed by atoms with Crippen LogP contribution in [0.3, 0.4) is 0 Å². The molecule has 14 nitrogen and oxygen atoms in total. The minimum atomic E-state index is -1.89. The van der Waals surface area contributed by atoms with Gasteiger partial charge in [0, 0.05) is 37.5 Å². The number of alkyl carbamates (subject to hydrolysis) is 1. The molecule has 1 aliphatic carbocycles. The molecule has 14 heteroatoms. The van der Waals surface area contributed by atoms with E-state index >= 15 is 0 Å². The molecule has 0 aromatic heterocycles. The molecule has 3 rings (SSSR count). The third kappa shape index (κ3) is 11.3. The molecule has 54 heavy (non-hydrogen) atoms. The number of hydrogen-bond donors (Lipinski definition) is 4. The van der Waals surface area contributed by atoms with Crippen molar-refractivity contribution < 1.29 is 53.4 Å². The Morgan fingerprint density at radius 1 is 1.04 bits per heavy atom. The van der Waals surface area contributed by atoms with Gasteiger partial charge in [0.05, 0.1) is 35.5 Å². The molecule has 1 saturated carbocycles. The maximum Gasteiger partial charge on any atom is 0.407 e. The van der Waals surface area contributed by atoms with E-state index in [1.807, 2.05) is 46.7 Å². The first-order chi connectivity index (χ1) is 25.3. The van der Waals surface area contributed by atoms with Crippen LogP contribution in [0.15, 0.2) is 5.16 Å². The number of esters is 1. The largest absolute Gasteiger partial charge is 0.459 e. The van der Waals surface area contributed by atoms with Gasteiger partial charge in [0.2, 0.25) is 0 Å². The van der Waals surface area contributed by atoms with Crippen LogP contribution < -0.4 is 5.32 Å². The second kappa shape index (κ2) is 20.4. The highest BCUT2D eigenvalue weighted by molar-refractivity contribution is 5.88. The van der Waals surface area contributed by atoms with Crippen molar-refractivity contribution in [1.82, 2.24) is 10.2 Å². The third-order valence-corrected chi connectivity index (χ3v) is 12.3. The molecule has 2 aliphatic heterocycles. The number of carbonyl (C=O) groups is 2. The predicted octanol–water partition coefficient (Wildman–Crippen LogP) is 4.65. The standard InChI is InChI=1S/C40H73N3O11/c1-13-30-40(9,48)34(45)25(5)31(42-50-22-28-18-16-15-17-19-28)23(3)21-39(8,49-12)35(54-37-32(44)29(43(10)11)20-24(4)51-37)26(6)33(27(7)36(46)52-30)53-38(47)41-14-2/h23-30,32-35,37,44-45,48H,13-22H2,1-12H3,(H,41,47)/b42-31-/t23-,24-,25+,26+,27-,29+,30-,32-,33+,34-,35-,37+,39-,40-/m1/s1. The van der Waals surface area contributed by atoms with Crippen LogP contribution >= 0.6 is 0 Å². The van der Waals surface area contributed by atoms with E-state index < -0.39 is 83.7 Å². The Morgan fingerprint density at radius 3 is 2.26 bits per heavy atom. The maximum atomic E-state index is 14.1. The summed E-state index contributed by atoms with van der Waals surface area (Å²) in [5.74, 6) is -3.28. The molecule has 2 heterocycles. The van der Waals surface area contributed by atoms with Crippen LogP contribution in [0.2, 0.25) is 0 Å². The van der Waals surface area contributed by atoms with E-state index in [9.17, 15) is 24.9 Å². The van der Waals surface area contributed by atoms with Crippen molar-refractivity contribution in [2.45, 2.75) is 174 Å². The van der Waals surface area contributed by atoms with E-state index in [1.165, 1.54) is 13.3 Å². The van der Waals surface area contributed by atoms with Crippen LogP contribution in [0.1, 0.15) is 114 Å². The van der Waals surface area contributed by atoms with E-state index in [-0.39, 0.29) is 25.0 Å². The Kier molecular flexibility index (Phi) is 17.5. The van der Waals surface area contributed by atoms with Gasteiger partial charge < -0.3 is 54.1 Å². The van der Waals surface area contributed by atoms with Gasteiger partial charge in [0.25, 0.3) is 0 Å². The second-order valence-corrected chi connectivity index (χ2v) is 16.9. The van der Waals surface area contributed by atoms with Crippen LogP contribution in [-0.2, 0) is 33.3 Å². The first-order valence-electron chi connectivity index (χ1n) is 20.3. The summed E-state index contributed by atoms with van der Waals surface area (Å²) in [5.41, 5.74) is -2.57. The van der Waals surface area contributed by atoms with Crippen molar-refractivity contribution in [3.05, 3.63) is 0 Å². The summed E-state index contributed by atoms with van der Waals surface area (Å²) >= 11 is 0. The fourth-order valence-corrected chi connectivity index (χ4v) is 8.85. The second-order valence-electron chi connectivity index (χ2n) is 16.9. The number of nitrogens with zero attached hydrogens (tertiary/aromatic N) is 2. The molecular weight excluding hydrogens is 698 g/mol. The van der Waals surface area contributed by atoms with E-state index in [0.29, 0.717) is 31.2 Å². The lowest BCUT2D eigenvalue weighted by atomic mass is 9.73. The Bertz CT molecular complexity index is 1210. The first-order valence-corrected chi connectivity index (χ1v) is 20.3. The number of ether oxygens (including phenoxy) is 5. The number of methoxy groups -OCH3 is 1. The number of cyclic esters (lactones) is 1. The van der Waals surface area contributed by atoms with Crippen LogP contribution in [0.4, 0.5) is 4.79 Å². The van der Waals surface area contributed by atoms with Crippen LogP contribution in [-0.4, -0.2) is 133 Å². The smallest absolute Gasteiger partial charge is 0.407 e. The lowest BCUT2D eigenvalue weighted by molar-refractivity contribution is -0.301. The number of nitrogens with one attached hydrogen (secondary N) is 1. The number of rotatable bonds is 10. The maximum absolute atomic E-state index is 14.1. The Hall–Kier alpha value is -2.07. The summed E-state index contributed by atoms with van der Waals surface area (Å²) < 4.78 is 31.5. The molecule has 0 aromatic carbocycles. The molecule has 0 bridgehead atoms.